The van der Waals surface area contributed by atoms with E-state index in [1.54, 1.807) is 12.4 Å². The number of aromatic nitrogens is 5. The van der Waals surface area contributed by atoms with Gasteiger partial charge in [-0.3, -0.25) is 0 Å². The number of imidazole rings is 1. The molecule has 1 aliphatic rings. The van der Waals surface area contributed by atoms with Crippen molar-refractivity contribution in [2.45, 2.75) is 32.6 Å². The normalized spacial score (nSPS) is 15.0. The van der Waals surface area contributed by atoms with E-state index in [2.05, 4.69) is 42.1 Å². The summed E-state index contributed by atoms with van der Waals surface area (Å²) >= 11 is 0. The SMILES string of the molecule is CCc1nc2cc(Nc3ccnc(N4CCCCC4)n3)ncc2[nH]1. The average molecular weight is 323 g/mol. The maximum absolute atomic E-state index is 4.63. The van der Waals surface area contributed by atoms with Crippen LogP contribution in [0.1, 0.15) is 32.0 Å². The third kappa shape index (κ3) is 3.02. The Morgan fingerprint density at radius 2 is 2.00 bits per heavy atom. The number of hydrogen-bond acceptors (Lipinski definition) is 6. The molecule has 1 saturated heterocycles. The van der Waals surface area contributed by atoms with Gasteiger partial charge in [-0.05, 0) is 25.3 Å². The van der Waals surface area contributed by atoms with E-state index in [0.29, 0.717) is 0 Å². The van der Waals surface area contributed by atoms with Crippen molar-refractivity contribution in [2.24, 2.45) is 0 Å². The van der Waals surface area contributed by atoms with Crippen LogP contribution in [0.2, 0.25) is 0 Å². The van der Waals surface area contributed by atoms with Crippen molar-refractivity contribution in [1.82, 2.24) is 24.9 Å². The first-order valence-corrected chi connectivity index (χ1v) is 8.51. The number of piperidine rings is 1. The zero-order valence-electron chi connectivity index (χ0n) is 13.8. The summed E-state index contributed by atoms with van der Waals surface area (Å²) in [7, 11) is 0. The lowest BCUT2D eigenvalue weighted by Crippen LogP contribution is -2.31. The summed E-state index contributed by atoms with van der Waals surface area (Å²) in [5.41, 5.74) is 1.86. The summed E-state index contributed by atoms with van der Waals surface area (Å²) < 4.78 is 0. The summed E-state index contributed by atoms with van der Waals surface area (Å²) in [6.07, 6.45) is 8.18. The monoisotopic (exact) mass is 323 g/mol. The number of fused-ring (bicyclic) bond motifs is 1. The molecule has 7 nitrogen and oxygen atoms in total. The summed E-state index contributed by atoms with van der Waals surface area (Å²) in [5.74, 6) is 3.25. The van der Waals surface area contributed by atoms with Gasteiger partial charge in [0.2, 0.25) is 5.95 Å². The highest BCUT2D eigenvalue weighted by atomic mass is 15.3. The van der Waals surface area contributed by atoms with E-state index in [0.717, 1.165) is 54.0 Å². The van der Waals surface area contributed by atoms with Crippen molar-refractivity contribution in [1.29, 1.82) is 0 Å². The first-order valence-electron chi connectivity index (χ1n) is 8.51. The predicted octanol–water partition coefficient (Wildman–Crippen LogP) is 3.04. The summed E-state index contributed by atoms with van der Waals surface area (Å²) in [5, 5.41) is 3.26. The molecule has 0 unspecified atom stereocenters. The number of nitrogens with one attached hydrogen (secondary N) is 2. The van der Waals surface area contributed by atoms with Gasteiger partial charge in [0.15, 0.2) is 0 Å². The maximum atomic E-state index is 4.63. The minimum Gasteiger partial charge on any atom is -0.341 e. The van der Waals surface area contributed by atoms with Gasteiger partial charge in [0.05, 0.1) is 17.2 Å². The van der Waals surface area contributed by atoms with Gasteiger partial charge in [0.1, 0.15) is 17.5 Å². The molecule has 0 atom stereocenters. The van der Waals surface area contributed by atoms with E-state index < -0.39 is 0 Å². The lowest BCUT2D eigenvalue weighted by atomic mass is 10.1. The Balaban J connectivity index is 1.56. The maximum Gasteiger partial charge on any atom is 0.227 e. The minimum atomic E-state index is 0.736. The average Bonchev–Trinajstić information content (AvgIpc) is 3.05. The molecule has 0 spiro atoms. The van der Waals surface area contributed by atoms with Gasteiger partial charge in [-0.2, -0.15) is 4.98 Å². The molecule has 7 heteroatoms. The summed E-state index contributed by atoms with van der Waals surface area (Å²) in [4.78, 5) is 23.5. The zero-order valence-corrected chi connectivity index (χ0v) is 13.8. The van der Waals surface area contributed by atoms with E-state index in [1.165, 1.54) is 19.3 Å². The molecule has 0 aliphatic carbocycles. The molecule has 1 fully saturated rings. The van der Waals surface area contributed by atoms with Crippen molar-refractivity contribution >= 4 is 28.6 Å². The van der Waals surface area contributed by atoms with Gasteiger partial charge >= 0.3 is 0 Å². The number of aromatic amines is 1. The molecular formula is C17H21N7. The third-order valence-corrected chi connectivity index (χ3v) is 4.29. The molecule has 1 aliphatic heterocycles. The Bertz CT molecular complexity index is 836. The first-order chi connectivity index (χ1) is 11.8. The van der Waals surface area contributed by atoms with E-state index >= 15 is 0 Å². The molecule has 0 saturated carbocycles. The quantitative estimate of drug-likeness (QED) is 0.768. The molecule has 0 radical (unpaired) electrons. The van der Waals surface area contributed by atoms with Crippen molar-refractivity contribution in [2.75, 3.05) is 23.3 Å². The van der Waals surface area contributed by atoms with Crippen LogP contribution in [0.15, 0.2) is 24.5 Å². The second-order valence-corrected chi connectivity index (χ2v) is 6.04. The Kier molecular flexibility index (Phi) is 3.98. The van der Waals surface area contributed by atoms with E-state index in [1.807, 2.05) is 12.1 Å². The van der Waals surface area contributed by atoms with Gasteiger partial charge in [0.25, 0.3) is 0 Å². The molecule has 4 rings (SSSR count). The molecule has 0 bridgehead atoms. The van der Waals surface area contributed by atoms with Crippen LogP contribution < -0.4 is 10.2 Å². The fourth-order valence-electron chi connectivity index (χ4n) is 2.99. The molecule has 124 valence electrons. The summed E-state index contributed by atoms with van der Waals surface area (Å²) in [6.45, 7) is 4.13. The highest BCUT2D eigenvalue weighted by Gasteiger charge is 2.14. The number of H-pyrrole nitrogens is 1. The molecular weight excluding hydrogens is 302 g/mol. The van der Waals surface area contributed by atoms with Crippen LogP contribution >= 0.6 is 0 Å². The standard InChI is InChI=1S/C17H21N7/c1-2-14-20-12-10-16(19-11-13(12)21-14)22-15-6-7-18-17(23-15)24-8-4-3-5-9-24/h6-7,10-11H,2-5,8-9H2,1H3,(H,20,21)(H,18,19,22,23). The fourth-order valence-corrected chi connectivity index (χ4v) is 2.99. The van der Waals surface area contributed by atoms with Crippen molar-refractivity contribution in [3.05, 3.63) is 30.4 Å². The molecule has 3 aromatic heterocycles. The molecule has 0 aromatic carbocycles. The van der Waals surface area contributed by atoms with Crippen molar-refractivity contribution < 1.29 is 0 Å². The number of pyridine rings is 1. The van der Waals surface area contributed by atoms with E-state index in [-0.39, 0.29) is 0 Å². The Labute approximate surface area is 140 Å². The van der Waals surface area contributed by atoms with Crippen LogP contribution in [0.25, 0.3) is 11.0 Å². The molecule has 3 aromatic rings. The fraction of sp³-hybridized carbons (Fsp3) is 0.412. The van der Waals surface area contributed by atoms with Gasteiger partial charge < -0.3 is 15.2 Å². The molecule has 24 heavy (non-hydrogen) atoms. The van der Waals surface area contributed by atoms with Gasteiger partial charge in [0, 0.05) is 31.8 Å². The lowest BCUT2D eigenvalue weighted by Gasteiger charge is -2.26. The van der Waals surface area contributed by atoms with Gasteiger partial charge in [-0.1, -0.05) is 6.92 Å². The summed E-state index contributed by atoms with van der Waals surface area (Å²) in [6, 6.07) is 3.80. The Hall–Kier alpha value is -2.70. The molecule has 0 amide bonds. The first kappa shape index (κ1) is 14.9. The second-order valence-electron chi connectivity index (χ2n) is 6.04. The number of anilines is 3. The molecule has 2 N–H and O–H groups in total. The van der Waals surface area contributed by atoms with Crippen LogP contribution in [-0.4, -0.2) is 38.0 Å². The van der Waals surface area contributed by atoms with E-state index in [9.17, 15) is 0 Å². The van der Waals surface area contributed by atoms with Crippen LogP contribution in [-0.2, 0) is 6.42 Å². The number of hydrogen-bond donors (Lipinski definition) is 2. The smallest absolute Gasteiger partial charge is 0.227 e. The zero-order chi connectivity index (χ0) is 16.4. The topological polar surface area (TPSA) is 82.6 Å². The largest absolute Gasteiger partial charge is 0.341 e. The third-order valence-electron chi connectivity index (χ3n) is 4.29. The van der Waals surface area contributed by atoms with Crippen LogP contribution in [0.3, 0.4) is 0 Å². The van der Waals surface area contributed by atoms with Crippen LogP contribution in [0.4, 0.5) is 17.6 Å². The number of rotatable bonds is 4. The highest BCUT2D eigenvalue weighted by Crippen LogP contribution is 2.20. The highest BCUT2D eigenvalue weighted by molar-refractivity contribution is 5.77. The Morgan fingerprint density at radius 1 is 1.12 bits per heavy atom. The second kappa shape index (κ2) is 6.43. The van der Waals surface area contributed by atoms with Crippen molar-refractivity contribution in [3.63, 3.8) is 0 Å². The van der Waals surface area contributed by atoms with Crippen molar-refractivity contribution in [3.8, 4) is 0 Å². The number of aryl methyl sites for hydroxylation is 1. The predicted molar refractivity (Wildman–Crippen MR) is 94.6 cm³/mol. The lowest BCUT2D eigenvalue weighted by molar-refractivity contribution is 0.568. The van der Waals surface area contributed by atoms with Gasteiger partial charge in [-0.25, -0.2) is 15.0 Å². The minimum absolute atomic E-state index is 0.736. The van der Waals surface area contributed by atoms with E-state index in [4.69, 9.17) is 0 Å². The number of nitrogens with zero attached hydrogens (tertiary/aromatic N) is 5. The Morgan fingerprint density at radius 3 is 2.83 bits per heavy atom. The van der Waals surface area contributed by atoms with Crippen LogP contribution in [0.5, 0.6) is 0 Å². The molecule has 4 heterocycles. The van der Waals surface area contributed by atoms with Crippen LogP contribution in [0, 0.1) is 0 Å². The van der Waals surface area contributed by atoms with Gasteiger partial charge in [-0.15, -0.1) is 0 Å².